The molecule has 0 aliphatic carbocycles. The minimum atomic E-state index is -4.06. The zero-order valence-corrected chi connectivity index (χ0v) is 6.41. The van der Waals surface area contributed by atoms with Gasteiger partial charge in [-0.3, -0.25) is 0 Å². The Hall–Kier alpha value is -0.250. The van der Waals surface area contributed by atoms with Gasteiger partial charge in [-0.2, -0.15) is 13.2 Å². The standard InChI is InChI=1S/C7H12F3N/c1-5-2-3-6(11-4-5)7(8,9)10/h5-6,11H,2-4H2,1H3. The molecule has 1 nitrogen and oxygen atoms in total. The first kappa shape index (κ1) is 8.84. The van der Waals surface area contributed by atoms with Crippen molar-refractivity contribution in [3.8, 4) is 0 Å². The molecule has 1 aliphatic rings. The lowest BCUT2D eigenvalue weighted by Crippen LogP contribution is -2.47. The lowest BCUT2D eigenvalue weighted by atomic mass is 9.96. The molecular weight excluding hydrogens is 155 g/mol. The lowest BCUT2D eigenvalue weighted by molar-refractivity contribution is -0.161. The number of hydrogen-bond acceptors (Lipinski definition) is 1. The molecule has 0 aromatic rings. The summed E-state index contributed by atoms with van der Waals surface area (Å²) in [7, 11) is 0. The molecule has 11 heavy (non-hydrogen) atoms. The zero-order valence-electron chi connectivity index (χ0n) is 6.41. The smallest absolute Gasteiger partial charge is 0.306 e. The van der Waals surface area contributed by atoms with Crippen LogP contribution in [0.25, 0.3) is 0 Å². The van der Waals surface area contributed by atoms with Gasteiger partial charge in [-0.15, -0.1) is 0 Å². The number of halogens is 3. The number of nitrogens with one attached hydrogen (secondary N) is 1. The van der Waals surface area contributed by atoms with Crippen molar-refractivity contribution in [3.05, 3.63) is 0 Å². The molecule has 0 spiro atoms. The predicted molar refractivity (Wildman–Crippen MR) is 36.2 cm³/mol. The molecule has 0 aromatic heterocycles. The summed E-state index contributed by atoms with van der Waals surface area (Å²) in [4.78, 5) is 0. The van der Waals surface area contributed by atoms with E-state index in [1.54, 1.807) is 0 Å². The van der Waals surface area contributed by atoms with Gasteiger partial charge in [-0.1, -0.05) is 6.92 Å². The van der Waals surface area contributed by atoms with Gasteiger partial charge >= 0.3 is 6.18 Å². The summed E-state index contributed by atoms with van der Waals surface area (Å²) in [6.07, 6.45) is -3.15. The average molecular weight is 167 g/mol. The van der Waals surface area contributed by atoms with E-state index in [4.69, 9.17) is 0 Å². The van der Waals surface area contributed by atoms with E-state index >= 15 is 0 Å². The van der Waals surface area contributed by atoms with Crippen molar-refractivity contribution in [3.63, 3.8) is 0 Å². The Morgan fingerprint density at radius 1 is 1.27 bits per heavy atom. The van der Waals surface area contributed by atoms with E-state index in [-0.39, 0.29) is 6.42 Å². The van der Waals surface area contributed by atoms with Crippen LogP contribution < -0.4 is 5.32 Å². The zero-order chi connectivity index (χ0) is 8.48. The van der Waals surface area contributed by atoms with Crippen LogP contribution in [-0.2, 0) is 0 Å². The highest BCUT2D eigenvalue weighted by Crippen LogP contribution is 2.27. The molecule has 1 aliphatic heterocycles. The number of rotatable bonds is 0. The highest BCUT2D eigenvalue weighted by atomic mass is 19.4. The van der Waals surface area contributed by atoms with Gasteiger partial charge in [0.15, 0.2) is 0 Å². The summed E-state index contributed by atoms with van der Waals surface area (Å²) in [5, 5.41) is 2.48. The van der Waals surface area contributed by atoms with Crippen molar-refractivity contribution in [2.24, 2.45) is 5.92 Å². The van der Waals surface area contributed by atoms with Crippen LogP contribution in [0.15, 0.2) is 0 Å². The third-order valence-electron chi connectivity index (χ3n) is 2.06. The molecule has 0 amide bonds. The van der Waals surface area contributed by atoms with Gasteiger partial charge < -0.3 is 5.32 Å². The molecule has 2 atom stereocenters. The Balaban J connectivity index is 2.39. The van der Waals surface area contributed by atoms with Crippen LogP contribution in [0.1, 0.15) is 19.8 Å². The molecule has 0 radical (unpaired) electrons. The molecule has 66 valence electrons. The van der Waals surface area contributed by atoms with E-state index in [9.17, 15) is 13.2 Å². The molecule has 1 N–H and O–H groups in total. The largest absolute Gasteiger partial charge is 0.403 e. The maximum Gasteiger partial charge on any atom is 0.403 e. The minimum absolute atomic E-state index is 0.227. The van der Waals surface area contributed by atoms with Crippen LogP contribution in [0.3, 0.4) is 0 Å². The lowest BCUT2D eigenvalue weighted by Gasteiger charge is -2.29. The van der Waals surface area contributed by atoms with Crippen LogP contribution >= 0.6 is 0 Å². The normalized spacial score (nSPS) is 33.8. The van der Waals surface area contributed by atoms with E-state index in [1.807, 2.05) is 6.92 Å². The average Bonchev–Trinajstić information content (AvgIpc) is 1.86. The first-order chi connectivity index (χ1) is 5.00. The maximum absolute atomic E-state index is 12.0. The monoisotopic (exact) mass is 167 g/mol. The van der Waals surface area contributed by atoms with Crippen molar-refractivity contribution < 1.29 is 13.2 Å². The second kappa shape index (κ2) is 3.01. The second-order valence-electron chi connectivity index (χ2n) is 3.18. The Labute approximate surface area is 64.0 Å². The first-order valence-corrected chi connectivity index (χ1v) is 3.80. The molecule has 0 bridgehead atoms. The molecule has 0 aromatic carbocycles. The summed E-state index contributed by atoms with van der Waals surface area (Å²) >= 11 is 0. The van der Waals surface area contributed by atoms with Crippen LogP contribution in [0.2, 0.25) is 0 Å². The SMILES string of the molecule is CC1CCC(C(F)(F)F)NC1. The number of alkyl halides is 3. The highest BCUT2D eigenvalue weighted by Gasteiger charge is 2.40. The van der Waals surface area contributed by atoms with E-state index < -0.39 is 12.2 Å². The minimum Gasteiger partial charge on any atom is -0.306 e. The van der Waals surface area contributed by atoms with E-state index in [2.05, 4.69) is 5.32 Å². The summed E-state index contributed by atoms with van der Waals surface area (Å²) in [6, 6.07) is -1.27. The fourth-order valence-electron chi connectivity index (χ4n) is 1.28. The van der Waals surface area contributed by atoms with Gasteiger partial charge in [-0.25, -0.2) is 0 Å². The van der Waals surface area contributed by atoms with Gasteiger partial charge in [0.2, 0.25) is 0 Å². The Morgan fingerprint density at radius 2 is 1.91 bits per heavy atom. The maximum atomic E-state index is 12.0. The van der Waals surface area contributed by atoms with E-state index in [0.29, 0.717) is 18.9 Å². The Bertz CT molecular complexity index is 124. The van der Waals surface area contributed by atoms with Gasteiger partial charge in [0.25, 0.3) is 0 Å². The van der Waals surface area contributed by atoms with E-state index in [1.165, 1.54) is 0 Å². The van der Waals surface area contributed by atoms with E-state index in [0.717, 1.165) is 0 Å². The van der Waals surface area contributed by atoms with Gasteiger partial charge in [0.05, 0.1) is 0 Å². The van der Waals surface area contributed by atoms with Crippen molar-refractivity contribution in [2.75, 3.05) is 6.54 Å². The summed E-state index contributed by atoms with van der Waals surface area (Å²) in [5.74, 6) is 0.383. The van der Waals surface area contributed by atoms with Crippen LogP contribution in [0, 0.1) is 5.92 Å². The van der Waals surface area contributed by atoms with Gasteiger partial charge in [-0.05, 0) is 25.3 Å². The van der Waals surface area contributed by atoms with Crippen molar-refractivity contribution >= 4 is 0 Å². The topological polar surface area (TPSA) is 12.0 Å². The number of piperidine rings is 1. The summed E-state index contributed by atoms with van der Waals surface area (Å²) in [6.45, 7) is 2.45. The van der Waals surface area contributed by atoms with Gasteiger partial charge in [0.1, 0.15) is 6.04 Å². The van der Waals surface area contributed by atoms with Crippen molar-refractivity contribution in [2.45, 2.75) is 32.0 Å². The molecule has 4 heteroatoms. The third kappa shape index (κ3) is 2.36. The fourth-order valence-corrected chi connectivity index (χ4v) is 1.28. The first-order valence-electron chi connectivity index (χ1n) is 3.80. The second-order valence-corrected chi connectivity index (χ2v) is 3.18. The number of hydrogen-bond donors (Lipinski definition) is 1. The quantitative estimate of drug-likeness (QED) is 0.581. The Morgan fingerprint density at radius 3 is 2.27 bits per heavy atom. The third-order valence-corrected chi connectivity index (χ3v) is 2.06. The fraction of sp³-hybridized carbons (Fsp3) is 1.00. The molecule has 0 saturated carbocycles. The molecule has 1 saturated heterocycles. The summed E-state index contributed by atoms with van der Waals surface area (Å²) in [5.41, 5.74) is 0. The Kier molecular flexibility index (Phi) is 2.42. The van der Waals surface area contributed by atoms with Crippen LogP contribution in [0.4, 0.5) is 13.2 Å². The molecule has 2 unspecified atom stereocenters. The van der Waals surface area contributed by atoms with Crippen molar-refractivity contribution in [1.29, 1.82) is 0 Å². The van der Waals surface area contributed by atoms with Crippen LogP contribution in [0.5, 0.6) is 0 Å². The van der Waals surface area contributed by atoms with Crippen LogP contribution in [-0.4, -0.2) is 18.8 Å². The predicted octanol–water partition coefficient (Wildman–Crippen LogP) is 1.94. The molecular formula is C7H12F3N. The summed E-state index contributed by atoms with van der Waals surface area (Å²) < 4.78 is 36.0. The molecule has 1 heterocycles. The van der Waals surface area contributed by atoms with Crippen molar-refractivity contribution in [1.82, 2.24) is 5.32 Å². The molecule has 1 fully saturated rings. The van der Waals surface area contributed by atoms with Gasteiger partial charge in [0, 0.05) is 0 Å². The highest BCUT2D eigenvalue weighted by molar-refractivity contribution is 4.81. The molecule has 1 rings (SSSR count).